The Hall–Kier alpha value is -1.46. The van der Waals surface area contributed by atoms with Gasteiger partial charge in [-0.15, -0.1) is 0 Å². The maximum Gasteiger partial charge on any atom is 0.254 e. The largest absolute Gasteiger partial charge is 0.357 e. The number of hydrogen-bond donors (Lipinski definition) is 0. The van der Waals surface area contributed by atoms with Gasteiger partial charge >= 0.3 is 0 Å². The predicted molar refractivity (Wildman–Crippen MR) is 101 cm³/mol. The molecular weight excluding hydrogens is 331 g/mol. The molecule has 0 saturated carbocycles. The standard InChI is InChI=1S/C21H31FN2O2/c1-16(2)24-15-21(26-20(3,4)19(24)25)10-13-23(14-11-21)12-9-17-7-5-6-8-18(17)22/h5-8,16H,9-15H2,1-4H3. The van der Waals surface area contributed by atoms with Crippen molar-refractivity contribution in [3.05, 3.63) is 35.6 Å². The molecule has 1 aromatic rings. The highest BCUT2D eigenvalue weighted by Crippen LogP contribution is 2.37. The summed E-state index contributed by atoms with van der Waals surface area (Å²) in [6, 6.07) is 7.18. The van der Waals surface area contributed by atoms with Crippen molar-refractivity contribution in [1.82, 2.24) is 9.80 Å². The van der Waals surface area contributed by atoms with Gasteiger partial charge in [0.05, 0.1) is 12.1 Å². The van der Waals surface area contributed by atoms with Gasteiger partial charge in [-0.1, -0.05) is 18.2 Å². The van der Waals surface area contributed by atoms with Gasteiger partial charge in [0.1, 0.15) is 11.4 Å². The molecule has 5 heteroatoms. The minimum absolute atomic E-state index is 0.0834. The van der Waals surface area contributed by atoms with Gasteiger partial charge in [-0.25, -0.2) is 4.39 Å². The van der Waals surface area contributed by atoms with Crippen molar-refractivity contribution in [1.29, 1.82) is 0 Å². The van der Waals surface area contributed by atoms with Crippen LogP contribution in [0.4, 0.5) is 4.39 Å². The van der Waals surface area contributed by atoms with Crippen LogP contribution in [0.1, 0.15) is 46.1 Å². The fourth-order valence-corrected chi connectivity index (χ4v) is 4.19. The summed E-state index contributed by atoms with van der Waals surface area (Å²) in [5, 5.41) is 0. The Labute approximate surface area is 156 Å². The molecule has 2 saturated heterocycles. The Balaban J connectivity index is 1.60. The summed E-state index contributed by atoms with van der Waals surface area (Å²) in [6.45, 7) is 11.3. The Morgan fingerprint density at radius 3 is 2.46 bits per heavy atom. The summed E-state index contributed by atoms with van der Waals surface area (Å²) in [5.41, 5.74) is -0.243. The maximum absolute atomic E-state index is 13.8. The number of rotatable bonds is 4. The SMILES string of the molecule is CC(C)N1CC2(CCN(CCc3ccccc3F)CC2)OC(C)(C)C1=O. The Morgan fingerprint density at radius 2 is 1.85 bits per heavy atom. The maximum atomic E-state index is 13.8. The average Bonchev–Trinajstić information content (AvgIpc) is 2.58. The molecule has 0 atom stereocenters. The molecule has 1 aromatic carbocycles. The van der Waals surface area contributed by atoms with Gasteiger partial charge in [-0.2, -0.15) is 0 Å². The number of likely N-dealkylation sites (tertiary alicyclic amines) is 1. The lowest BCUT2D eigenvalue weighted by Gasteiger charge is -2.53. The van der Waals surface area contributed by atoms with Crippen LogP contribution in [0.5, 0.6) is 0 Å². The molecular formula is C21H31FN2O2. The molecule has 0 aromatic heterocycles. The minimum Gasteiger partial charge on any atom is -0.357 e. The second-order valence-electron chi connectivity index (χ2n) is 8.51. The normalized spacial score (nSPS) is 23.0. The van der Waals surface area contributed by atoms with E-state index in [1.54, 1.807) is 6.07 Å². The van der Waals surface area contributed by atoms with Crippen LogP contribution in [0, 0.1) is 5.82 Å². The summed E-state index contributed by atoms with van der Waals surface area (Å²) in [4.78, 5) is 17.0. The van der Waals surface area contributed by atoms with E-state index in [1.165, 1.54) is 6.07 Å². The zero-order chi connectivity index (χ0) is 18.9. The van der Waals surface area contributed by atoms with E-state index in [9.17, 15) is 9.18 Å². The highest BCUT2D eigenvalue weighted by Gasteiger charge is 2.50. The van der Waals surface area contributed by atoms with Crippen LogP contribution in [0.3, 0.4) is 0 Å². The third kappa shape index (κ3) is 3.94. The number of benzene rings is 1. The molecule has 2 heterocycles. The summed E-state index contributed by atoms with van der Waals surface area (Å²) >= 11 is 0. The van der Waals surface area contributed by atoms with Crippen molar-refractivity contribution in [3.8, 4) is 0 Å². The zero-order valence-electron chi connectivity index (χ0n) is 16.4. The van der Waals surface area contributed by atoms with Crippen LogP contribution in [-0.2, 0) is 16.0 Å². The van der Waals surface area contributed by atoms with Crippen molar-refractivity contribution in [2.75, 3.05) is 26.2 Å². The molecule has 2 aliphatic rings. The van der Waals surface area contributed by atoms with E-state index in [0.29, 0.717) is 6.54 Å². The van der Waals surface area contributed by atoms with E-state index in [0.717, 1.165) is 44.5 Å². The van der Waals surface area contributed by atoms with Crippen molar-refractivity contribution in [2.24, 2.45) is 0 Å². The molecule has 4 nitrogen and oxygen atoms in total. The lowest BCUT2D eigenvalue weighted by Crippen LogP contribution is -2.66. The molecule has 0 aliphatic carbocycles. The van der Waals surface area contributed by atoms with E-state index in [4.69, 9.17) is 4.74 Å². The van der Waals surface area contributed by atoms with Crippen LogP contribution in [0.25, 0.3) is 0 Å². The predicted octanol–water partition coefficient (Wildman–Crippen LogP) is 3.25. The first-order valence-electron chi connectivity index (χ1n) is 9.69. The lowest BCUT2D eigenvalue weighted by molar-refractivity contribution is -0.219. The summed E-state index contributed by atoms with van der Waals surface area (Å²) in [7, 11) is 0. The number of piperidine rings is 1. The molecule has 3 rings (SSSR count). The topological polar surface area (TPSA) is 32.8 Å². The van der Waals surface area contributed by atoms with Gasteiger partial charge in [-0.3, -0.25) is 4.79 Å². The molecule has 26 heavy (non-hydrogen) atoms. The number of carbonyl (C=O) groups excluding carboxylic acids is 1. The second-order valence-corrected chi connectivity index (χ2v) is 8.51. The van der Waals surface area contributed by atoms with Gasteiger partial charge < -0.3 is 14.5 Å². The third-order valence-corrected chi connectivity index (χ3v) is 5.75. The van der Waals surface area contributed by atoms with Crippen molar-refractivity contribution >= 4 is 5.91 Å². The van der Waals surface area contributed by atoms with Gasteiger partial charge in [0.25, 0.3) is 5.91 Å². The van der Waals surface area contributed by atoms with Crippen LogP contribution in [0.15, 0.2) is 24.3 Å². The molecule has 2 aliphatic heterocycles. The van der Waals surface area contributed by atoms with Gasteiger partial charge in [0, 0.05) is 25.7 Å². The van der Waals surface area contributed by atoms with Crippen LogP contribution in [-0.4, -0.2) is 59.1 Å². The number of carbonyl (C=O) groups is 1. The van der Waals surface area contributed by atoms with Crippen molar-refractivity contribution < 1.29 is 13.9 Å². The van der Waals surface area contributed by atoms with Gasteiger partial charge in [0.15, 0.2) is 0 Å². The number of amides is 1. The van der Waals surface area contributed by atoms with E-state index in [2.05, 4.69) is 18.7 Å². The monoisotopic (exact) mass is 362 g/mol. The molecule has 0 unspecified atom stereocenters. The number of hydrogen-bond acceptors (Lipinski definition) is 3. The first-order valence-corrected chi connectivity index (χ1v) is 9.69. The fraction of sp³-hybridized carbons (Fsp3) is 0.667. The van der Waals surface area contributed by atoms with Crippen LogP contribution in [0.2, 0.25) is 0 Å². The van der Waals surface area contributed by atoms with Crippen molar-refractivity contribution in [3.63, 3.8) is 0 Å². The summed E-state index contributed by atoms with van der Waals surface area (Å²) in [5.74, 6) is -0.0375. The zero-order valence-corrected chi connectivity index (χ0v) is 16.4. The minimum atomic E-state index is -0.766. The van der Waals surface area contributed by atoms with Gasteiger partial charge in [0.2, 0.25) is 0 Å². The van der Waals surface area contributed by atoms with E-state index in [-0.39, 0.29) is 23.4 Å². The lowest BCUT2D eigenvalue weighted by atomic mass is 9.85. The molecule has 1 amide bonds. The first kappa shape index (κ1) is 19.3. The Kier molecular flexibility index (Phi) is 5.40. The number of morpholine rings is 1. The molecule has 144 valence electrons. The second kappa shape index (κ2) is 7.28. The first-order chi connectivity index (χ1) is 12.2. The summed E-state index contributed by atoms with van der Waals surface area (Å²) in [6.07, 6.45) is 2.54. The van der Waals surface area contributed by atoms with Crippen LogP contribution < -0.4 is 0 Å². The van der Waals surface area contributed by atoms with Gasteiger partial charge in [-0.05, 0) is 58.6 Å². The smallest absolute Gasteiger partial charge is 0.254 e. The average molecular weight is 362 g/mol. The molecule has 0 radical (unpaired) electrons. The highest BCUT2D eigenvalue weighted by atomic mass is 19.1. The molecule has 0 N–H and O–H groups in total. The molecule has 2 fully saturated rings. The van der Waals surface area contributed by atoms with E-state index >= 15 is 0 Å². The summed E-state index contributed by atoms with van der Waals surface area (Å²) < 4.78 is 20.1. The highest BCUT2D eigenvalue weighted by molar-refractivity contribution is 5.85. The molecule has 1 spiro atoms. The van der Waals surface area contributed by atoms with Crippen LogP contribution >= 0.6 is 0 Å². The Bertz CT molecular complexity index is 651. The third-order valence-electron chi connectivity index (χ3n) is 5.75. The quantitative estimate of drug-likeness (QED) is 0.824. The number of nitrogens with zero attached hydrogens (tertiary/aromatic N) is 2. The number of ether oxygens (including phenoxy) is 1. The Morgan fingerprint density at radius 1 is 1.19 bits per heavy atom. The van der Waals surface area contributed by atoms with E-state index < -0.39 is 5.60 Å². The van der Waals surface area contributed by atoms with E-state index in [1.807, 2.05) is 30.9 Å². The fourth-order valence-electron chi connectivity index (χ4n) is 4.19. The van der Waals surface area contributed by atoms with Crippen molar-refractivity contribution in [2.45, 2.75) is 64.2 Å². The molecule has 0 bridgehead atoms. The number of halogens is 1.